The van der Waals surface area contributed by atoms with Crippen LogP contribution in [0.4, 0.5) is 0 Å². The second kappa shape index (κ2) is 4.97. The molecule has 1 heterocycles. The number of hydrogen-bond donors (Lipinski definition) is 2. The second-order valence-electron chi connectivity index (χ2n) is 4.74. The van der Waals surface area contributed by atoms with Crippen LogP contribution >= 0.6 is 0 Å². The number of hydrogen-bond acceptors (Lipinski definition) is 2. The summed E-state index contributed by atoms with van der Waals surface area (Å²) in [4.78, 5) is 0. The molecule has 0 aromatic carbocycles. The van der Waals surface area contributed by atoms with Gasteiger partial charge in [0.25, 0.3) is 0 Å². The Morgan fingerprint density at radius 3 is 2.69 bits per heavy atom. The summed E-state index contributed by atoms with van der Waals surface area (Å²) in [6, 6.07) is 0. The maximum atomic E-state index is 9.90. The summed E-state index contributed by atoms with van der Waals surface area (Å²) in [6.45, 7) is 8.51. The second-order valence-corrected chi connectivity index (χ2v) is 4.74. The van der Waals surface area contributed by atoms with E-state index in [-0.39, 0.29) is 6.10 Å². The van der Waals surface area contributed by atoms with Crippen molar-refractivity contribution in [2.24, 2.45) is 11.8 Å². The highest BCUT2D eigenvalue weighted by Crippen LogP contribution is 2.23. The molecule has 0 amide bonds. The van der Waals surface area contributed by atoms with Gasteiger partial charge < -0.3 is 10.4 Å². The molecule has 1 rings (SSSR count). The third kappa shape index (κ3) is 3.65. The van der Waals surface area contributed by atoms with Crippen molar-refractivity contribution in [3.05, 3.63) is 5.92 Å². The Balaban J connectivity index is 2.32. The van der Waals surface area contributed by atoms with Crippen molar-refractivity contribution in [3.63, 3.8) is 0 Å². The van der Waals surface area contributed by atoms with Crippen molar-refractivity contribution in [2.75, 3.05) is 13.1 Å². The zero-order chi connectivity index (χ0) is 9.84. The highest BCUT2D eigenvalue weighted by molar-refractivity contribution is 4.87. The van der Waals surface area contributed by atoms with Crippen LogP contribution in [0.25, 0.3) is 0 Å². The molecule has 0 bridgehead atoms. The quantitative estimate of drug-likeness (QED) is 0.698. The molecule has 1 fully saturated rings. The smallest absolute Gasteiger partial charge is 0.0585 e. The van der Waals surface area contributed by atoms with Crippen molar-refractivity contribution in [1.82, 2.24) is 5.32 Å². The van der Waals surface area contributed by atoms with Gasteiger partial charge in [-0.3, -0.25) is 0 Å². The van der Waals surface area contributed by atoms with Crippen molar-refractivity contribution < 1.29 is 5.11 Å². The molecule has 3 atom stereocenters. The number of nitrogens with one attached hydrogen (secondary N) is 1. The van der Waals surface area contributed by atoms with Crippen molar-refractivity contribution in [1.29, 1.82) is 0 Å². The van der Waals surface area contributed by atoms with Gasteiger partial charge in [-0.25, -0.2) is 0 Å². The molecule has 0 spiro atoms. The van der Waals surface area contributed by atoms with Gasteiger partial charge >= 0.3 is 0 Å². The van der Waals surface area contributed by atoms with Gasteiger partial charge in [0.1, 0.15) is 0 Å². The summed E-state index contributed by atoms with van der Waals surface area (Å²) >= 11 is 0. The average Bonchev–Trinajstić information content (AvgIpc) is 2.03. The maximum absolute atomic E-state index is 9.90. The van der Waals surface area contributed by atoms with Gasteiger partial charge in [0.15, 0.2) is 0 Å². The van der Waals surface area contributed by atoms with Crippen LogP contribution in [0.5, 0.6) is 0 Å². The summed E-state index contributed by atoms with van der Waals surface area (Å²) < 4.78 is 0. The Kier molecular flexibility index (Phi) is 4.20. The zero-order valence-corrected chi connectivity index (χ0v) is 9.01. The number of aliphatic hydroxyl groups excluding tert-OH is 1. The van der Waals surface area contributed by atoms with E-state index < -0.39 is 0 Å². The molecular weight excluding hydrogens is 162 g/mol. The van der Waals surface area contributed by atoms with Crippen molar-refractivity contribution in [2.45, 2.75) is 39.7 Å². The topological polar surface area (TPSA) is 32.3 Å². The molecule has 1 saturated heterocycles. The van der Waals surface area contributed by atoms with Crippen LogP contribution in [-0.4, -0.2) is 24.3 Å². The van der Waals surface area contributed by atoms with Crippen LogP contribution in [-0.2, 0) is 0 Å². The van der Waals surface area contributed by atoms with Crippen molar-refractivity contribution >= 4 is 0 Å². The highest BCUT2D eigenvalue weighted by Gasteiger charge is 2.25. The Morgan fingerprint density at radius 1 is 1.46 bits per heavy atom. The first-order valence-corrected chi connectivity index (χ1v) is 5.27. The third-order valence-electron chi connectivity index (χ3n) is 2.77. The Morgan fingerprint density at radius 2 is 2.15 bits per heavy atom. The molecule has 0 aliphatic carbocycles. The maximum Gasteiger partial charge on any atom is 0.0585 e. The van der Waals surface area contributed by atoms with Gasteiger partial charge in [0, 0.05) is 6.54 Å². The lowest BCUT2D eigenvalue weighted by atomic mass is 9.85. The first kappa shape index (κ1) is 11.0. The van der Waals surface area contributed by atoms with E-state index >= 15 is 0 Å². The normalized spacial score (nSPS) is 32.1. The van der Waals surface area contributed by atoms with E-state index in [0.29, 0.717) is 11.8 Å². The molecule has 3 unspecified atom stereocenters. The molecule has 2 nitrogen and oxygen atoms in total. The Labute approximate surface area is 81.7 Å². The van der Waals surface area contributed by atoms with Gasteiger partial charge in [-0.05, 0) is 37.1 Å². The largest absolute Gasteiger partial charge is 0.393 e. The van der Waals surface area contributed by atoms with E-state index in [2.05, 4.69) is 26.1 Å². The summed E-state index contributed by atoms with van der Waals surface area (Å²) in [5, 5.41) is 13.3. The molecular formula is C11H22NO. The zero-order valence-electron chi connectivity index (χ0n) is 9.01. The van der Waals surface area contributed by atoms with E-state index in [0.717, 1.165) is 19.5 Å². The van der Waals surface area contributed by atoms with Gasteiger partial charge in [0.2, 0.25) is 0 Å². The van der Waals surface area contributed by atoms with E-state index in [1.54, 1.807) is 0 Å². The van der Waals surface area contributed by atoms with Gasteiger partial charge in [-0.2, -0.15) is 0 Å². The van der Waals surface area contributed by atoms with Crippen LogP contribution in [0.1, 0.15) is 33.6 Å². The van der Waals surface area contributed by atoms with Gasteiger partial charge in [-0.15, -0.1) is 0 Å². The summed E-state index contributed by atoms with van der Waals surface area (Å²) in [5.41, 5.74) is 0. The number of rotatable bonds is 3. The van der Waals surface area contributed by atoms with E-state index in [9.17, 15) is 5.11 Å². The molecule has 0 saturated carbocycles. The minimum Gasteiger partial charge on any atom is -0.393 e. The van der Waals surface area contributed by atoms with Crippen LogP contribution < -0.4 is 5.32 Å². The third-order valence-corrected chi connectivity index (χ3v) is 2.77. The summed E-state index contributed by atoms with van der Waals surface area (Å²) in [5.74, 6) is 2.50. The standard InChI is InChI=1S/C11H22NO/c1-8(2)4-11(13)10-5-9(3)6-12-7-10/h9-13H,4-7H2,1-3H3. The average molecular weight is 184 g/mol. The number of aliphatic hydroxyl groups is 1. The van der Waals surface area contributed by atoms with Gasteiger partial charge in [0.05, 0.1) is 6.10 Å². The first-order valence-electron chi connectivity index (χ1n) is 5.27. The van der Waals surface area contributed by atoms with Crippen molar-refractivity contribution in [3.8, 4) is 0 Å². The monoisotopic (exact) mass is 184 g/mol. The fourth-order valence-electron chi connectivity index (χ4n) is 2.08. The SMILES string of the molecule is C[C](C)CC(O)C1CNCC(C)C1. The highest BCUT2D eigenvalue weighted by atomic mass is 16.3. The first-order chi connectivity index (χ1) is 6.09. The van der Waals surface area contributed by atoms with E-state index in [1.807, 2.05) is 0 Å². The molecule has 1 aliphatic rings. The molecule has 77 valence electrons. The Bertz CT molecular complexity index is 147. The minimum absolute atomic E-state index is 0.139. The van der Waals surface area contributed by atoms with E-state index in [1.165, 1.54) is 12.3 Å². The Hall–Kier alpha value is -0.0800. The summed E-state index contributed by atoms with van der Waals surface area (Å²) in [6.07, 6.45) is 1.89. The summed E-state index contributed by atoms with van der Waals surface area (Å²) in [7, 11) is 0. The van der Waals surface area contributed by atoms with Crippen LogP contribution in [0.2, 0.25) is 0 Å². The molecule has 0 aromatic heterocycles. The predicted molar refractivity (Wildman–Crippen MR) is 55.4 cm³/mol. The molecule has 0 aromatic rings. The minimum atomic E-state index is -0.139. The lowest BCUT2D eigenvalue weighted by Crippen LogP contribution is -2.40. The van der Waals surface area contributed by atoms with Crippen LogP contribution in [0, 0.1) is 17.8 Å². The number of piperidine rings is 1. The predicted octanol–water partition coefficient (Wildman–Crippen LogP) is 1.60. The van der Waals surface area contributed by atoms with Gasteiger partial charge in [-0.1, -0.05) is 20.8 Å². The van der Waals surface area contributed by atoms with Crippen LogP contribution in [0.15, 0.2) is 0 Å². The molecule has 1 aliphatic heterocycles. The molecule has 13 heavy (non-hydrogen) atoms. The fourth-order valence-corrected chi connectivity index (χ4v) is 2.08. The van der Waals surface area contributed by atoms with E-state index in [4.69, 9.17) is 0 Å². The molecule has 1 radical (unpaired) electrons. The molecule has 2 heteroatoms. The fraction of sp³-hybridized carbons (Fsp3) is 0.909. The van der Waals surface area contributed by atoms with Crippen LogP contribution in [0.3, 0.4) is 0 Å². The molecule has 2 N–H and O–H groups in total. The lowest BCUT2D eigenvalue weighted by Gasteiger charge is -2.31. The lowest BCUT2D eigenvalue weighted by molar-refractivity contribution is 0.0761.